The molecule has 0 aliphatic rings. The van der Waals surface area contributed by atoms with E-state index in [1.54, 1.807) is 6.20 Å². The number of carbonyl (C=O) groups is 1. The lowest BCUT2D eigenvalue weighted by Gasteiger charge is -2.13. The Morgan fingerprint density at radius 2 is 2.14 bits per heavy atom. The van der Waals surface area contributed by atoms with Crippen LogP contribution >= 0.6 is 15.9 Å². The number of hydrogen-bond acceptors (Lipinski definition) is 4. The number of nitrogens with one attached hydrogen (secondary N) is 1. The van der Waals surface area contributed by atoms with Gasteiger partial charge >= 0.3 is 0 Å². The topological polar surface area (TPSA) is 83.8 Å². The van der Waals surface area contributed by atoms with Gasteiger partial charge in [0, 0.05) is 23.9 Å². The number of rotatable bonds is 5. The summed E-state index contributed by atoms with van der Waals surface area (Å²) in [6, 6.07) is 3.73. The van der Waals surface area contributed by atoms with Gasteiger partial charge < -0.3 is 9.72 Å². The second-order valence-electron chi connectivity index (χ2n) is 4.64. The first-order chi connectivity index (χ1) is 9.75. The molecule has 0 aromatic carbocycles. The molecule has 1 amide bonds. The van der Waals surface area contributed by atoms with Gasteiger partial charge in [-0.2, -0.15) is 4.31 Å². The first kappa shape index (κ1) is 15.9. The van der Waals surface area contributed by atoms with Crippen LogP contribution in [0.25, 0.3) is 5.65 Å². The predicted octanol–water partition coefficient (Wildman–Crippen LogP) is 0.604. The van der Waals surface area contributed by atoms with Crippen LogP contribution in [-0.4, -0.2) is 47.9 Å². The highest BCUT2D eigenvalue weighted by Crippen LogP contribution is 2.12. The second kappa shape index (κ2) is 6.12. The zero-order chi connectivity index (χ0) is 15.6. The maximum Gasteiger partial charge on any atom is 0.235 e. The molecule has 7 nitrogen and oxygen atoms in total. The zero-order valence-electron chi connectivity index (χ0n) is 11.6. The molecule has 0 radical (unpaired) electrons. The Labute approximate surface area is 131 Å². The number of imidazole rings is 1. The Bertz CT molecular complexity index is 772. The molecular formula is C12H15BrN4O3S. The summed E-state index contributed by atoms with van der Waals surface area (Å²) < 4.78 is 26.2. The molecule has 2 heterocycles. The quantitative estimate of drug-likeness (QED) is 0.830. The highest BCUT2D eigenvalue weighted by molar-refractivity contribution is 9.10. The van der Waals surface area contributed by atoms with Crippen molar-refractivity contribution in [2.75, 3.05) is 19.8 Å². The van der Waals surface area contributed by atoms with E-state index in [1.807, 2.05) is 22.7 Å². The summed E-state index contributed by atoms with van der Waals surface area (Å²) in [5.41, 5.74) is 1.47. The standard InChI is InChI=1S/C12H15BrN4O3S/c1-16(21(2,19)20)8-12(18)14-5-10-7-17-6-9(13)3-4-11(17)15-10/h3-4,6-7H,5,8H2,1-2H3,(H,14,18). The van der Waals surface area contributed by atoms with Crippen molar-refractivity contribution in [2.45, 2.75) is 6.54 Å². The fraction of sp³-hybridized carbons (Fsp3) is 0.333. The summed E-state index contributed by atoms with van der Waals surface area (Å²) in [4.78, 5) is 16.0. The van der Waals surface area contributed by atoms with Crippen LogP contribution < -0.4 is 5.32 Å². The highest BCUT2D eigenvalue weighted by atomic mass is 79.9. The molecule has 0 saturated heterocycles. The first-order valence-corrected chi connectivity index (χ1v) is 8.71. The maximum absolute atomic E-state index is 11.7. The number of aromatic nitrogens is 2. The van der Waals surface area contributed by atoms with E-state index in [9.17, 15) is 13.2 Å². The van der Waals surface area contributed by atoms with E-state index in [0.29, 0.717) is 5.69 Å². The third-order valence-corrected chi connectivity index (χ3v) is 4.59. The Hall–Kier alpha value is -1.45. The molecule has 0 aliphatic carbocycles. The van der Waals surface area contributed by atoms with Crippen molar-refractivity contribution in [3.05, 3.63) is 34.7 Å². The number of pyridine rings is 1. The van der Waals surface area contributed by atoms with Crippen LogP contribution in [0.3, 0.4) is 0 Å². The lowest BCUT2D eigenvalue weighted by molar-refractivity contribution is -0.121. The van der Waals surface area contributed by atoms with Gasteiger partial charge in [-0.25, -0.2) is 13.4 Å². The molecule has 0 fully saturated rings. The number of nitrogens with zero attached hydrogens (tertiary/aromatic N) is 3. The predicted molar refractivity (Wildman–Crippen MR) is 82.2 cm³/mol. The SMILES string of the molecule is CN(CC(=O)NCc1cn2cc(Br)ccc2n1)S(C)(=O)=O. The average Bonchev–Trinajstić information content (AvgIpc) is 2.77. The Balaban J connectivity index is 1.97. The van der Waals surface area contributed by atoms with E-state index in [2.05, 4.69) is 26.2 Å². The molecule has 2 rings (SSSR count). The second-order valence-corrected chi connectivity index (χ2v) is 7.65. The number of sulfonamides is 1. The van der Waals surface area contributed by atoms with Crippen LogP contribution in [0.5, 0.6) is 0 Å². The van der Waals surface area contributed by atoms with Crippen LogP contribution in [-0.2, 0) is 21.4 Å². The van der Waals surface area contributed by atoms with Gasteiger partial charge in [-0.05, 0) is 28.1 Å². The van der Waals surface area contributed by atoms with Crippen molar-refractivity contribution >= 4 is 37.5 Å². The Kier molecular flexibility index (Phi) is 4.64. The molecule has 0 spiro atoms. The van der Waals surface area contributed by atoms with Gasteiger partial charge in [0.2, 0.25) is 15.9 Å². The minimum atomic E-state index is -3.36. The Morgan fingerprint density at radius 3 is 2.81 bits per heavy atom. The fourth-order valence-corrected chi connectivity index (χ4v) is 2.37. The molecule has 0 aliphatic heterocycles. The van der Waals surface area contributed by atoms with Crippen molar-refractivity contribution in [3.8, 4) is 0 Å². The van der Waals surface area contributed by atoms with Gasteiger partial charge in [0.1, 0.15) is 5.65 Å². The third-order valence-electron chi connectivity index (χ3n) is 2.86. The van der Waals surface area contributed by atoms with Crippen LogP contribution in [0.2, 0.25) is 0 Å². The molecule has 9 heteroatoms. The highest BCUT2D eigenvalue weighted by Gasteiger charge is 2.15. The number of fused-ring (bicyclic) bond motifs is 1. The van der Waals surface area contributed by atoms with Gasteiger partial charge in [0.15, 0.2) is 0 Å². The molecule has 1 N–H and O–H groups in total. The van der Waals surface area contributed by atoms with Crippen molar-refractivity contribution in [2.24, 2.45) is 0 Å². The Morgan fingerprint density at radius 1 is 1.43 bits per heavy atom. The number of hydrogen-bond donors (Lipinski definition) is 1. The summed E-state index contributed by atoms with van der Waals surface area (Å²) in [5, 5.41) is 2.64. The fourth-order valence-electron chi connectivity index (χ4n) is 1.67. The first-order valence-electron chi connectivity index (χ1n) is 6.07. The van der Waals surface area contributed by atoms with Gasteiger partial charge in [-0.1, -0.05) is 0 Å². The van der Waals surface area contributed by atoms with Gasteiger partial charge in [0.25, 0.3) is 0 Å². The normalized spacial score (nSPS) is 12.0. The summed E-state index contributed by atoms with van der Waals surface area (Å²) in [5.74, 6) is -0.374. The van der Waals surface area contributed by atoms with Crippen LogP contribution in [0.15, 0.2) is 29.0 Å². The van der Waals surface area contributed by atoms with Crippen LogP contribution in [0.4, 0.5) is 0 Å². The molecule has 0 atom stereocenters. The smallest absolute Gasteiger partial charge is 0.235 e. The van der Waals surface area contributed by atoms with Crippen molar-refractivity contribution < 1.29 is 13.2 Å². The molecule has 2 aromatic rings. The minimum absolute atomic E-state index is 0.211. The van der Waals surface area contributed by atoms with E-state index < -0.39 is 10.0 Å². The van der Waals surface area contributed by atoms with Gasteiger partial charge in [-0.15, -0.1) is 0 Å². The molecule has 21 heavy (non-hydrogen) atoms. The van der Waals surface area contributed by atoms with E-state index in [1.165, 1.54) is 7.05 Å². The van der Waals surface area contributed by atoms with E-state index in [4.69, 9.17) is 0 Å². The number of likely N-dealkylation sites (N-methyl/N-ethyl adjacent to an activating group) is 1. The molecular weight excluding hydrogens is 360 g/mol. The molecule has 0 unspecified atom stereocenters. The summed E-state index contributed by atoms with van der Waals surface area (Å²) >= 11 is 3.37. The number of halogens is 1. The van der Waals surface area contributed by atoms with Crippen molar-refractivity contribution in [3.63, 3.8) is 0 Å². The average molecular weight is 375 g/mol. The number of carbonyl (C=O) groups excluding carboxylic acids is 1. The van der Waals surface area contributed by atoms with Crippen molar-refractivity contribution in [1.29, 1.82) is 0 Å². The lowest BCUT2D eigenvalue weighted by atomic mass is 10.4. The molecule has 0 saturated carbocycles. The monoisotopic (exact) mass is 374 g/mol. The summed E-state index contributed by atoms with van der Waals surface area (Å²) in [7, 11) is -2.00. The maximum atomic E-state index is 11.7. The van der Waals surface area contributed by atoms with Crippen LogP contribution in [0, 0.1) is 0 Å². The van der Waals surface area contributed by atoms with E-state index >= 15 is 0 Å². The van der Waals surface area contributed by atoms with Gasteiger partial charge in [-0.3, -0.25) is 4.79 Å². The lowest BCUT2D eigenvalue weighted by Crippen LogP contribution is -2.37. The molecule has 114 valence electrons. The zero-order valence-corrected chi connectivity index (χ0v) is 14.0. The largest absolute Gasteiger partial charge is 0.349 e. The third kappa shape index (κ3) is 4.26. The van der Waals surface area contributed by atoms with Crippen molar-refractivity contribution in [1.82, 2.24) is 19.0 Å². The van der Waals surface area contributed by atoms with Crippen LogP contribution in [0.1, 0.15) is 5.69 Å². The van der Waals surface area contributed by atoms with Gasteiger partial charge in [0.05, 0.1) is 25.0 Å². The van der Waals surface area contributed by atoms with E-state index in [0.717, 1.165) is 20.7 Å². The summed E-state index contributed by atoms with van der Waals surface area (Å²) in [6.45, 7) is 0.0352. The molecule has 0 bridgehead atoms. The summed E-state index contributed by atoms with van der Waals surface area (Å²) in [6.07, 6.45) is 4.73. The number of amides is 1. The minimum Gasteiger partial charge on any atom is -0.349 e. The molecule has 2 aromatic heterocycles. The van der Waals surface area contributed by atoms with E-state index in [-0.39, 0.29) is 19.0 Å².